The van der Waals surface area contributed by atoms with Gasteiger partial charge in [0.2, 0.25) is 0 Å². The zero-order chi connectivity index (χ0) is 10.5. The molecule has 0 unspecified atom stereocenters. The molecule has 2 rings (SSSR count). The number of benzene rings is 1. The maximum atomic E-state index is 11.6. The van der Waals surface area contributed by atoms with E-state index in [0.29, 0.717) is 11.1 Å². The van der Waals surface area contributed by atoms with Gasteiger partial charge in [-0.1, -0.05) is 0 Å². The summed E-state index contributed by atoms with van der Waals surface area (Å²) in [6.07, 6.45) is 0. The highest BCUT2D eigenvalue weighted by molar-refractivity contribution is 6.26. The fraction of sp³-hybridized carbons (Fsp3) is 0.333. The lowest BCUT2D eigenvalue weighted by atomic mass is 10.0. The highest BCUT2D eigenvalue weighted by Gasteiger charge is 2.35. The van der Waals surface area contributed by atoms with Crippen LogP contribution in [0, 0.1) is 19.8 Å². The van der Waals surface area contributed by atoms with E-state index in [0.717, 1.165) is 11.1 Å². The molecule has 0 radical (unpaired) electrons. The first kappa shape index (κ1) is 9.13. The fourth-order valence-corrected chi connectivity index (χ4v) is 1.81. The molecular formula is C12H12O2. The van der Waals surface area contributed by atoms with Gasteiger partial charge in [-0.15, -0.1) is 0 Å². The Balaban J connectivity index is 2.71. The Morgan fingerprint density at radius 2 is 1.29 bits per heavy atom. The van der Waals surface area contributed by atoms with Crippen molar-refractivity contribution in [2.75, 3.05) is 0 Å². The van der Waals surface area contributed by atoms with Crippen LogP contribution < -0.4 is 0 Å². The van der Waals surface area contributed by atoms with E-state index in [9.17, 15) is 9.59 Å². The Morgan fingerprint density at radius 1 is 0.929 bits per heavy atom. The van der Waals surface area contributed by atoms with Gasteiger partial charge in [-0.05, 0) is 44.0 Å². The van der Waals surface area contributed by atoms with Crippen molar-refractivity contribution < 1.29 is 9.59 Å². The van der Waals surface area contributed by atoms with E-state index in [4.69, 9.17) is 0 Å². The number of Topliss-reactive ketones (excluding diaryl/α,β-unsaturated/α-hetero) is 2. The molecule has 0 heterocycles. The van der Waals surface area contributed by atoms with Gasteiger partial charge < -0.3 is 0 Å². The second-order valence-electron chi connectivity index (χ2n) is 3.93. The lowest BCUT2D eigenvalue weighted by molar-refractivity contribution is 0.0852. The summed E-state index contributed by atoms with van der Waals surface area (Å²) in [5.74, 6) is -0.549. The van der Waals surface area contributed by atoms with Crippen molar-refractivity contribution in [3.05, 3.63) is 34.4 Å². The van der Waals surface area contributed by atoms with Gasteiger partial charge in [0.25, 0.3) is 0 Å². The molecule has 0 amide bonds. The number of ketones is 2. The minimum absolute atomic E-state index is 0.0342. The topological polar surface area (TPSA) is 34.1 Å². The van der Waals surface area contributed by atoms with Gasteiger partial charge >= 0.3 is 0 Å². The molecule has 0 aromatic heterocycles. The SMILES string of the molecule is Cc1cc2c(cc1C)C(=O)C(C)C2=O. The van der Waals surface area contributed by atoms with E-state index < -0.39 is 5.92 Å². The molecule has 0 spiro atoms. The van der Waals surface area contributed by atoms with Gasteiger partial charge in [-0.25, -0.2) is 0 Å². The van der Waals surface area contributed by atoms with E-state index in [-0.39, 0.29) is 11.6 Å². The number of fused-ring (bicyclic) bond motifs is 1. The number of carbonyl (C=O) groups is 2. The molecule has 2 nitrogen and oxygen atoms in total. The maximum Gasteiger partial charge on any atom is 0.174 e. The highest BCUT2D eigenvalue weighted by atomic mass is 16.2. The second-order valence-corrected chi connectivity index (χ2v) is 3.93. The Morgan fingerprint density at radius 3 is 1.64 bits per heavy atom. The predicted molar refractivity (Wildman–Crippen MR) is 53.7 cm³/mol. The molecule has 0 atom stereocenters. The molecule has 0 saturated carbocycles. The third-order valence-corrected chi connectivity index (χ3v) is 2.95. The van der Waals surface area contributed by atoms with Crippen molar-refractivity contribution in [3.8, 4) is 0 Å². The quantitative estimate of drug-likeness (QED) is 0.585. The fourth-order valence-electron chi connectivity index (χ4n) is 1.81. The third-order valence-electron chi connectivity index (χ3n) is 2.95. The van der Waals surface area contributed by atoms with Crippen LogP contribution in [0.1, 0.15) is 38.8 Å². The maximum absolute atomic E-state index is 11.6. The van der Waals surface area contributed by atoms with Gasteiger partial charge in [0.05, 0.1) is 5.92 Å². The molecule has 1 aromatic carbocycles. The normalized spacial score (nSPS) is 16.2. The molecular weight excluding hydrogens is 176 g/mol. The van der Waals surface area contributed by atoms with Crippen LogP contribution >= 0.6 is 0 Å². The van der Waals surface area contributed by atoms with Crippen molar-refractivity contribution in [1.82, 2.24) is 0 Å². The molecule has 0 fully saturated rings. The monoisotopic (exact) mass is 188 g/mol. The zero-order valence-electron chi connectivity index (χ0n) is 8.55. The van der Waals surface area contributed by atoms with Crippen LogP contribution in [0.15, 0.2) is 12.1 Å². The summed E-state index contributed by atoms with van der Waals surface area (Å²) in [6.45, 7) is 5.59. The first-order valence-corrected chi connectivity index (χ1v) is 4.72. The molecule has 2 heteroatoms. The van der Waals surface area contributed by atoms with E-state index in [1.165, 1.54) is 0 Å². The lowest BCUT2D eigenvalue weighted by Gasteiger charge is -2.02. The van der Waals surface area contributed by atoms with Crippen LogP contribution in [0.2, 0.25) is 0 Å². The number of carbonyl (C=O) groups excluding carboxylic acids is 2. The summed E-state index contributed by atoms with van der Waals surface area (Å²) in [7, 11) is 0. The summed E-state index contributed by atoms with van der Waals surface area (Å²) in [5, 5.41) is 0. The second kappa shape index (κ2) is 2.77. The van der Waals surface area contributed by atoms with Crippen molar-refractivity contribution >= 4 is 11.6 Å². The Labute approximate surface area is 82.9 Å². The summed E-state index contributed by atoms with van der Waals surface area (Å²) in [4.78, 5) is 23.3. The van der Waals surface area contributed by atoms with Crippen molar-refractivity contribution in [3.63, 3.8) is 0 Å². The minimum atomic E-state index is -0.480. The van der Waals surface area contributed by atoms with Crippen LogP contribution in [0.5, 0.6) is 0 Å². The molecule has 72 valence electrons. The van der Waals surface area contributed by atoms with Crippen LogP contribution in [0.4, 0.5) is 0 Å². The lowest BCUT2D eigenvalue weighted by Crippen LogP contribution is -2.09. The first-order chi connectivity index (χ1) is 6.52. The van der Waals surface area contributed by atoms with Crippen molar-refractivity contribution in [1.29, 1.82) is 0 Å². The predicted octanol–water partition coefficient (Wildman–Crippen LogP) is 2.32. The largest absolute Gasteiger partial charge is 0.293 e. The van der Waals surface area contributed by atoms with Gasteiger partial charge in [0.15, 0.2) is 11.6 Å². The molecule has 1 aliphatic carbocycles. The first-order valence-electron chi connectivity index (χ1n) is 4.72. The smallest absolute Gasteiger partial charge is 0.174 e. The third kappa shape index (κ3) is 1.03. The van der Waals surface area contributed by atoms with Gasteiger partial charge in [-0.3, -0.25) is 9.59 Å². The standard InChI is InChI=1S/C12H12O2/c1-6-4-9-10(5-7(6)2)12(14)8(3)11(9)13/h4-5,8H,1-3H3. The van der Waals surface area contributed by atoms with Gasteiger partial charge in [0.1, 0.15) is 0 Å². The van der Waals surface area contributed by atoms with E-state index in [2.05, 4.69) is 0 Å². The van der Waals surface area contributed by atoms with Crippen molar-refractivity contribution in [2.24, 2.45) is 5.92 Å². The Hall–Kier alpha value is -1.44. The highest BCUT2D eigenvalue weighted by Crippen LogP contribution is 2.28. The van der Waals surface area contributed by atoms with E-state index >= 15 is 0 Å². The number of hydrogen-bond donors (Lipinski definition) is 0. The molecule has 1 aromatic rings. The van der Waals surface area contributed by atoms with Crippen LogP contribution in [-0.2, 0) is 0 Å². The average molecular weight is 188 g/mol. The minimum Gasteiger partial charge on any atom is -0.293 e. The number of aryl methyl sites for hydroxylation is 2. The van der Waals surface area contributed by atoms with Crippen molar-refractivity contribution in [2.45, 2.75) is 20.8 Å². The average Bonchev–Trinajstić information content (AvgIpc) is 2.34. The number of hydrogen-bond acceptors (Lipinski definition) is 2. The Bertz CT molecular complexity index is 403. The van der Waals surface area contributed by atoms with Gasteiger partial charge in [-0.2, -0.15) is 0 Å². The summed E-state index contributed by atoms with van der Waals surface area (Å²) >= 11 is 0. The van der Waals surface area contributed by atoms with E-state index in [1.54, 1.807) is 6.92 Å². The van der Waals surface area contributed by atoms with Gasteiger partial charge in [0, 0.05) is 11.1 Å². The number of rotatable bonds is 0. The summed E-state index contributed by atoms with van der Waals surface area (Å²) in [5.41, 5.74) is 3.34. The molecule has 14 heavy (non-hydrogen) atoms. The molecule has 0 N–H and O–H groups in total. The Kier molecular flexibility index (Phi) is 1.81. The van der Waals surface area contributed by atoms with E-state index in [1.807, 2.05) is 26.0 Å². The molecule has 1 aliphatic rings. The summed E-state index contributed by atoms with van der Waals surface area (Å²) in [6, 6.07) is 3.66. The van der Waals surface area contributed by atoms with Crippen LogP contribution in [-0.4, -0.2) is 11.6 Å². The zero-order valence-corrected chi connectivity index (χ0v) is 8.55. The van der Waals surface area contributed by atoms with Crippen LogP contribution in [0.25, 0.3) is 0 Å². The van der Waals surface area contributed by atoms with Crippen LogP contribution in [0.3, 0.4) is 0 Å². The molecule has 0 bridgehead atoms. The summed E-state index contributed by atoms with van der Waals surface area (Å²) < 4.78 is 0. The molecule has 0 saturated heterocycles. The molecule has 0 aliphatic heterocycles.